The van der Waals surface area contributed by atoms with Crippen LogP contribution in [0.3, 0.4) is 0 Å². The highest BCUT2D eigenvalue weighted by atomic mass is 16.5. The first kappa shape index (κ1) is 13.2. The summed E-state index contributed by atoms with van der Waals surface area (Å²) in [5.41, 5.74) is 5.83. The highest BCUT2D eigenvalue weighted by Gasteiger charge is 2.40. The first-order chi connectivity index (χ1) is 8.74. The average molecular weight is 251 g/mol. The van der Waals surface area contributed by atoms with Gasteiger partial charge in [-0.1, -0.05) is 6.92 Å². The van der Waals surface area contributed by atoms with Crippen LogP contribution >= 0.6 is 0 Å². The van der Waals surface area contributed by atoms with Crippen molar-refractivity contribution >= 4 is 0 Å². The minimum Gasteiger partial charge on any atom is -0.494 e. The number of methoxy groups -OCH3 is 1. The second-order valence-corrected chi connectivity index (χ2v) is 4.58. The van der Waals surface area contributed by atoms with Gasteiger partial charge in [0.15, 0.2) is 0 Å². The molecule has 3 unspecified atom stereocenters. The van der Waals surface area contributed by atoms with Crippen molar-refractivity contribution in [1.82, 2.24) is 0 Å². The maximum absolute atomic E-state index is 5.83. The maximum atomic E-state index is 5.83. The molecular formula is C14H21NO3. The molecule has 18 heavy (non-hydrogen) atoms. The van der Waals surface area contributed by atoms with Crippen molar-refractivity contribution < 1.29 is 14.2 Å². The lowest BCUT2D eigenvalue weighted by Gasteiger charge is -2.40. The van der Waals surface area contributed by atoms with Gasteiger partial charge in [0.25, 0.3) is 0 Å². The van der Waals surface area contributed by atoms with E-state index >= 15 is 0 Å². The maximum Gasteiger partial charge on any atom is 0.128 e. The summed E-state index contributed by atoms with van der Waals surface area (Å²) in [6.45, 7) is 2.83. The summed E-state index contributed by atoms with van der Waals surface area (Å²) in [4.78, 5) is 0. The van der Waals surface area contributed by atoms with Crippen LogP contribution in [0.5, 0.6) is 11.5 Å². The fourth-order valence-electron chi connectivity index (χ4n) is 2.07. The zero-order valence-corrected chi connectivity index (χ0v) is 11.0. The van der Waals surface area contributed by atoms with Gasteiger partial charge < -0.3 is 19.9 Å². The highest BCUT2D eigenvalue weighted by molar-refractivity contribution is 5.31. The van der Waals surface area contributed by atoms with Crippen LogP contribution in [-0.2, 0) is 4.74 Å². The first-order valence-corrected chi connectivity index (χ1v) is 6.42. The molecule has 4 nitrogen and oxygen atoms in total. The Morgan fingerprint density at radius 3 is 2.44 bits per heavy atom. The van der Waals surface area contributed by atoms with E-state index in [2.05, 4.69) is 6.92 Å². The van der Waals surface area contributed by atoms with Crippen LogP contribution in [0.25, 0.3) is 0 Å². The molecule has 1 saturated carbocycles. The Bertz CT molecular complexity index is 366. The molecule has 1 aliphatic rings. The molecule has 0 spiro atoms. The molecule has 0 heterocycles. The van der Waals surface area contributed by atoms with Gasteiger partial charge in [-0.25, -0.2) is 0 Å². The van der Waals surface area contributed by atoms with Crippen molar-refractivity contribution in [2.75, 3.05) is 13.7 Å². The molecule has 0 radical (unpaired) electrons. The number of hydrogen-bond acceptors (Lipinski definition) is 4. The number of benzene rings is 1. The number of ether oxygens (including phenoxy) is 3. The molecule has 1 aromatic rings. The molecule has 100 valence electrons. The Balaban J connectivity index is 1.86. The van der Waals surface area contributed by atoms with E-state index in [1.54, 1.807) is 7.11 Å². The molecule has 0 saturated heterocycles. The molecule has 4 heteroatoms. The second kappa shape index (κ2) is 6.07. The summed E-state index contributed by atoms with van der Waals surface area (Å²) in [5, 5.41) is 0. The van der Waals surface area contributed by atoms with Crippen molar-refractivity contribution in [3.8, 4) is 11.5 Å². The lowest BCUT2D eigenvalue weighted by atomic mass is 9.86. The minimum absolute atomic E-state index is 0.000943. The van der Waals surface area contributed by atoms with Crippen LogP contribution in [-0.4, -0.2) is 32.0 Å². The lowest BCUT2D eigenvalue weighted by Crippen LogP contribution is -2.59. The largest absolute Gasteiger partial charge is 0.494 e. The molecule has 0 aromatic heterocycles. The van der Waals surface area contributed by atoms with Crippen molar-refractivity contribution in [2.24, 2.45) is 5.73 Å². The van der Waals surface area contributed by atoms with Gasteiger partial charge in [0.2, 0.25) is 0 Å². The molecule has 0 amide bonds. The molecule has 2 rings (SSSR count). The van der Waals surface area contributed by atoms with Gasteiger partial charge in [0, 0.05) is 19.6 Å². The fraction of sp³-hybridized carbons (Fsp3) is 0.571. The molecular weight excluding hydrogens is 230 g/mol. The Kier molecular flexibility index (Phi) is 4.44. The monoisotopic (exact) mass is 251 g/mol. The van der Waals surface area contributed by atoms with E-state index in [0.29, 0.717) is 0 Å². The normalized spacial score (nSPS) is 26.5. The van der Waals surface area contributed by atoms with Crippen molar-refractivity contribution in [3.63, 3.8) is 0 Å². The molecule has 1 aromatic carbocycles. The summed E-state index contributed by atoms with van der Waals surface area (Å²) in [6.07, 6.45) is 1.91. The van der Waals surface area contributed by atoms with Crippen LogP contribution in [0.1, 0.15) is 19.8 Å². The second-order valence-electron chi connectivity index (χ2n) is 4.58. The Labute approximate surface area is 108 Å². The number of hydrogen-bond donors (Lipinski definition) is 1. The molecule has 3 atom stereocenters. The van der Waals surface area contributed by atoms with Gasteiger partial charge in [0.05, 0.1) is 6.61 Å². The standard InChI is InChI=1S/C14H21NO3/c1-3-8-17-10-4-6-11(7-5-10)18-13-9-12(15)14(13)16-2/h4-7,12-14H,3,8-9,15H2,1-2H3. The zero-order valence-electron chi connectivity index (χ0n) is 11.0. The van der Waals surface area contributed by atoms with E-state index in [1.165, 1.54) is 0 Å². The van der Waals surface area contributed by atoms with E-state index in [0.717, 1.165) is 30.9 Å². The predicted octanol–water partition coefficient (Wildman–Crippen LogP) is 1.97. The Hall–Kier alpha value is -1.26. The zero-order chi connectivity index (χ0) is 13.0. The lowest BCUT2D eigenvalue weighted by molar-refractivity contribution is -0.0782. The van der Waals surface area contributed by atoms with Crippen molar-refractivity contribution in [2.45, 2.75) is 38.0 Å². The number of rotatable bonds is 6. The SMILES string of the molecule is CCCOc1ccc(OC2CC(N)C2OC)cc1. The van der Waals surface area contributed by atoms with Crippen LogP contribution in [0, 0.1) is 0 Å². The van der Waals surface area contributed by atoms with Gasteiger partial charge in [-0.2, -0.15) is 0 Å². The van der Waals surface area contributed by atoms with Gasteiger partial charge in [-0.05, 0) is 30.7 Å². The summed E-state index contributed by atoms with van der Waals surface area (Å²) >= 11 is 0. The third-order valence-electron chi connectivity index (χ3n) is 3.15. The van der Waals surface area contributed by atoms with E-state index in [-0.39, 0.29) is 18.2 Å². The Morgan fingerprint density at radius 2 is 1.89 bits per heavy atom. The van der Waals surface area contributed by atoms with E-state index in [9.17, 15) is 0 Å². The van der Waals surface area contributed by atoms with E-state index < -0.39 is 0 Å². The highest BCUT2D eigenvalue weighted by Crippen LogP contribution is 2.28. The van der Waals surface area contributed by atoms with Crippen LogP contribution in [0.15, 0.2) is 24.3 Å². The third-order valence-corrected chi connectivity index (χ3v) is 3.15. The number of nitrogens with two attached hydrogens (primary N) is 1. The Morgan fingerprint density at radius 1 is 1.22 bits per heavy atom. The van der Waals surface area contributed by atoms with E-state index in [1.807, 2.05) is 24.3 Å². The predicted molar refractivity (Wildman–Crippen MR) is 70.0 cm³/mol. The molecule has 1 aliphatic carbocycles. The quantitative estimate of drug-likeness (QED) is 0.840. The van der Waals surface area contributed by atoms with E-state index in [4.69, 9.17) is 19.9 Å². The van der Waals surface area contributed by atoms with Gasteiger partial charge >= 0.3 is 0 Å². The van der Waals surface area contributed by atoms with Crippen LogP contribution in [0.4, 0.5) is 0 Å². The third kappa shape index (κ3) is 2.94. The van der Waals surface area contributed by atoms with Crippen molar-refractivity contribution in [3.05, 3.63) is 24.3 Å². The van der Waals surface area contributed by atoms with Gasteiger partial charge in [-0.15, -0.1) is 0 Å². The average Bonchev–Trinajstić information content (AvgIpc) is 2.37. The van der Waals surface area contributed by atoms with Crippen molar-refractivity contribution in [1.29, 1.82) is 0 Å². The molecule has 0 bridgehead atoms. The molecule has 0 aliphatic heterocycles. The molecule has 1 fully saturated rings. The minimum atomic E-state index is 0.000943. The topological polar surface area (TPSA) is 53.7 Å². The van der Waals surface area contributed by atoms with Gasteiger partial charge in [0.1, 0.15) is 23.7 Å². The summed E-state index contributed by atoms with van der Waals surface area (Å²) in [5.74, 6) is 1.70. The smallest absolute Gasteiger partial charge is 0.128 e. The summed E-state index contributed by atoms with van der Waals surface area (Å²) < 4.78 is 16.6. The van der Waals surface area contributed by atoms with Gasteiger partial charge in [-0.3, -0.25) is 0 Å². The van der Waals surface area contributed by atoms with Crippen LogP contribution < -0.4 is 15.2 Å². The molecule has 2 N–H and O–H groups in total. The fourth-order valence-corrected chi connectivity index (χ4v) is 2.07. The first-order valence-electron chi connectivity index (χ1n) is 6.42. The van der Waals surface area contributed by atoms with Crippen LogP contribution in [0.2, 0.25) is 0 Å². The summed E-state index contributed by atoms with van der Waals surface area (Å²) in [7, 11) is 1.67. The summed E-state index contributed by atoms with van der Waals surface area (Å²) in [6, 6.07) is 7.77.